The topological polar surface area (TPSA) is 57.5 Å². The molecule has 0 saturated heterocycles. The number of halogens is 2. The number of carbonyl (C=O) groups is 1. The number of carboxylic acid groups (broad SMARTS) is 1. The second kappa shape index (κ2) is 3.93. The summed E-state index contributed by atoms with van der Waals surface area (Å²) >= 11 is 10.2. The van der Waals surface area contributed by atoms with Crippen LogP contribution in [-0.4, -0.2) is 33.5 Å². The van der Waals surface area contributed by atoms with Crippen molar-refractivity contribution in [3.05, 3.63) is 0 Å². The molecular weight excluding hydrogens is 167 g/mol. The van der Waals surface area contributed by atoms with E-state index in [2.05, 4.69) is 0 Å². The smallest absolute Gasteiger partial charge is 0.324 e. The first-order valence-corrected chi connectivity index (χ1v) is 3.17. The lowest BCUT2D eigenvalue weighted by atomic mass is 10.3. The molecule has 0 aliphatic rings. The number of carboxylic acids is 1. The highest BCUT2D eigenvalue weighted by molar-refractivity contribution is 6.30. The molecule has 0 bridgehead atoms. The predicted octanol–water partition coefficient (Wildman–Crippen LogP) is 0.278. The van der Waals surface area contributed by atoms with Crippen molar-refractivity contribution in [3.63, 3.8) is 0 Å². The highest BCUT2D eigenvalue weighted by atomic mass is 35.5. The van der Waals surface area contributed by atoms with Gasteiger partial charge in [0.25, 0.3) is 0 Å². The number of aliphatic carboxylic acids is 1. The van der Waals surface area contributed by atoms with Crippen LogP contribution in [0.3, 0.4) is 0 Å². The molecule has 54 valence electrons. The lowest BCUT2D eigenvalue weighted by Gasteiger charge is -2.07. The van der Waals surface area contributed by atoms with Gasteiger partial charge in [0.15, 0.2) is 5.38 Å². The van der Waals surface area contributed by atoms with E-state index in [1.807, 2.05) is 0 Å². The van der Waals surface area contributed by atoms with Crippen LogP contribution in [-0.2, 0) is 4.79 Å². The minimum absolute atomic E-state index is 0.166. The zero-order chi connectivity index (χ0) is 7.44. The van der Waals surface area contributed by atoms with Crippen molar-refractivity contribution in [2.45, 2.75) is 11.5 Å². The van der Waals surface area contributed by atoms with Crippen LogP contribution in [0.15, 0.2) is 0 Å². The summed E-state index contributed by atoms with van der Waals surface area (Å²) in [4.78, 5) is 9.95. The number of hydrogen-bond donors (Lipinski definition) is 2. The number of alkyl halides is 2. The van der Waals surface area contributed by atoms with E-state index in [4.69, 9.17) is 33.4 Å². The van der Waals surface area contributed by atoms with Crippen molar-refractivity contribution in [1.82, 2.24) is 0 Å². The second-order valence-electron chi connectivity index (χ2n) is 1.46. The van der Waals surface area contributed by atoms with Crippen LogP contribution in [0, 0.1) is 0 Å². The summed E-state index contributed by atoms with van der Waals surface area (Å²) in [5.41, 5.74) is 0. The lowest BCUT2D eigenvalue weighted by molar-refractivity contribution is -0.138. The van der Waals surface area contributed by atoms with Crippen LogP contribution in [0.2, 0.25) is 0 Å². The molecule has 2 atom stereocenters. The maximum absolute atomic E-state index is 9.95. The molecule has 2 unspecified atom stereocenters. The van der Waals surface area contributed by atoms with Crippen LogP contribution in [0.25, 0.3) is 0 Å². The van der Waals surface area contributed by atoms with Crippen molar-refractivity contribution < 1.29 is 15.0 Å². The molecule has 0 rings (SSSR count). The first kappa shape index (κ1) is 9.01. The van der Waals surface area contributed by atoms with E-state index >= 15 is 0 Å². The maximum atomic E-state index is 9.95. The average molecular weight is 173 g/mol. The van der Waals surface area contributed by atoms with Gasteiger partial charge >= 0.3 is 5.97 Å². The summed E-state index contributed by atoms with van der Waals surface area (Å²) in [6.07, 6.45) is -1.18. The van der Waals surface area contributed by atoms with Gasteiger partial charge in [-0.2, -0.15) is 0 Å². The molecule has 0 aliphatic heterocycles. The molecule has 0 aromatic rings. The molecule has 0 radical (unpaired) electrons. The predicted molar refractivity (Wildman–Crippen MR) is 34.0 cm³/mol. The summed E-state index contributed by atoms with van der Waals surface area (Å²) in [7, 11) is 0. The van der Waals surface area contributed by atoms with Crippen LogP contribution >= 0.6 is 23.2 Å². The van der Waals surface area contributed by atoms with Crippen LogP contribution in [0.5, 0.6) is 0 Å². The Kier molecular flexibility index (Phi) is 3.93. The minimum atomic E-state index is -1.30. The van der Waals surface area contributed by atoms with Gasteiger partial charge in [-0.05, 0) is 0 Å². The van der Waals surface area contributed by atoms with Crippen molar-refractivity contribution in [2.24, 2.45) is 0 Å². The summed E-state index contributed by atoms with van der Waals surface area (Å²) in [6.45, 7) is 0. The first-order chi connectivity index (χ1) is 4.09. The van der Waals surface area contributed by atoms with Crippen LogP contribution in [0.4, 0.5) is 0 Å². The Morgan fingerprint density at radius 1 is 1.67 bits per heavy atom. The summed E-state index contributed by atoms with van der Waals surface area (Å²) in [6, 6.07) is 0. The molecule has 0 spiro atoms. The molecule has 0 aliphatic carbocycles. The third kappa shape index (κ3) is 2.89. The normalized spacial score (nSPS) is 16.8. The molecule has 0 aromatic carbocycles. The van der Waals surface area contributed by atoms with E-state index in [0.717, 1.165) is 0 Å². The van der Waals surface area contributed by atoms with Crippen LogP contribution < -0.4 is 0 Å². The molecule has 0 amide bonds. The minimum Gasteiger partial charge on any atom is -0.480 e. The van der Waals surface area contributed by atoms with Gasteiger partial charge in [-0.15, -0.1) is 23.2 Å². The fraction of sp³-hybridized carbons (Fsp3) is 0.750. The number of rotatable bonds is 3. The molecule has 3 nitrogen and oxygen atoms in total. The second-order valence-corrected chi connectivity index (χ2v) is 2.24. The van der Waals surface area contributed by atoms with Gasteiger partial charge < -0.3 is 10.2 Å². The number of aliphatic hydroxyl groups is 1. The molecule has 0 saturated carbocycles. The van der Waals surface area contributed by atoms with Gasteiger partial charge in [-0.25, -0.2) is 0 Å². The van der Waals surface area contributed by atoms with Gasteiger partial charge in [-0.1, -0.05) is 0 Å². The Hall–Kier alpha value is 0.01000. The lowest BCUT2D eigenvalue weighted by Crippen LogP contribution is -2.29. The Labute approximate surface area is 62.2 Å². The average Bonchev–Trinajstić information content (AvgIpc) is 1.84. The third-order valence-corrected chi connectivity index (χ3v) is 1.53. The van der Waals surface area contributed by atoms with Gasteiger partial charge in [0.05, 0.1) is 12.0 Å². The van der Waals surface area contributed by atoms with E-state index in [-0.39, 0.29) is 5.88 Å². The van der Waals surface area contributed by atoms with Crippen molar-refractivity contribution in [3.8, 4) is 0 Å². The molecule has 9 heavy (non-hydrogen) atoms. The summed E-state index contributed by atoms with van der Waals surface area (Å²) < 4.78 is 0. The number of aliphatic hydroxyl groups excluding tert-OH is 1. The van der Waals surface area contributed by atoms with E-state index in [0.29, 0.717) is 0 Å². The molecule has 2 N–H and O–H groups in total. The Balaban J connectivity index is 3.72. The summed E-state index contributed by atoms with van der Waals surface area (Å²) in [5, 5.41) is 15.5. The summed E-state index contributed by atoms with van der Waals surface area (Å²) in [5.74, 6) is -1.43. The Bertz CT molecular complexity index is 106. The van der Waals surface area contributed by atoms with Gasteiger partial charge in [0, 0.05) is 0 Å². The standard InChI is InChI=1S/C4H6Cl2O3/c5-1-2(7)3(6)4(8)9/h2-3,7H,1H2,(H,8,9). The molecule has 0 aromatic heterocycles. The molecule has 0 heterocycles. The highest BCUT2D eigenvalue weighted by Gasteiger charge is 2.22. The quantitative estimate of drug-likeness (QED) is 0.602. The van der Waals surface area contributed by atoms with Crippen molar-refractivity contribution in [1.29, 1.82) is 0 Å². The van der Waals surface area contributed by atoms with E-state index in [1.165, 1.54) is 0 Å². The van der Waals surface area contributed by atoms with E-state index in [9.17, 15) is 4.79 Å². The monoisotopic (exact) mass is 172 g/mol. The zero-order valence-corrected chi connectivity index (χ0v) is 5.93. The number of hydrogen-bond acceptors (Lipinski definition) is 2. The Morgan fingerprint density at radius 3 is 2.22 bits per heavy atom. The maximum Gasteiger partial charge on any atom is 0.324 e. The molecule has 0 fully saturated rings. The van der Waals surface area contributed by atoms with E-state index < -0.39 is 17.5 Å². The van der Waals surface area contributed by atoms with Gasteiger partial charge in [0.2, 0.25) is 0 Å². The molecular formula is C4H6Cl2O3. The van der Waals surface area contributed by atoms with Crippen molar-refractivity contribution in [2.75, 3.05) is 5.88 Å². The fourth-order valence-corrected chi connectivity index (χ4v) is 0.601. The first-order valence-electron chi connectivity index (χ1n) is 2.20. The Morgan fingerprint density at radius 2 is 2.11 bits per heavy atom. The van der Waals surface area contributed by atoms with E-state index in [1.54, 1.807) is 0 Å². The fourth-order valence-electron chi connectivity index (χ4n) is 0.243. The van der Waals surface area contributed by atoms with Gasteiger partial charge in [0.1, 0.15) is 0 Å². The van der Waals surface area contributed by atoms with Crippen molar-refractivity contribution >= 4 is 29.2 Å². The third-order valence-electron chi connectivity index (χ3n) is 0.732. The zero-order valence-electron chi connectivity index (χ0n) is 4.42. The van der Waals surface area contributed by atoms with Crippen LogP contribution in [0.1, 0.15) is 0 Å². The largest absolute Gasteiger partial charge is 0.480 e. The van der Waals surface area contributed by atoms with Gasteiger partial charge in [-0.3, -0.25) is 4.79 Å². The molecule has 5 heteroatoms. The highest BCUT2D eigenvalue weighted by Crippen LogP contribution is 2.03. The SMILES string of the molecule is O=C(O)C(Cl)C(O)CCl.